The van der Waals surface area contributed by atoms with Crippen molar-refractivity contribution in [1.82, 2.24) is 19.5 Å². The molecule has 0 unspecified atom stereocenters. The highest BCUT2D eigenvalue weighted by atomic mass is 16.8. The SMILES string of the molecule is CC1(C)O[C@@H]2[C@@H](CCCCc3cccc4cccnc34)C[C@@H](n3ccc4c(N)ncnc43)[C@@H]2O1. The Balaban J connectivity index is 1.17. The van der Waals surface area contributed by atoms with Gasteiger partial charge in [0.1, 0.15) is 23.9 Å². The molecule has 0 bridgehead atoms. The number of rotatable bonds is 6. The van der Waals surface area contributed by atoms with Crippen molar-refractivity contribution in [3.05, 3.63) is 60.7 Å². The Kier molecular flexibility index (Phi) is 5.26. The van der Waals surface area contributed by atoms with E-state index in [-0.39, 0.29) is 18.2 Å². The van der Waals surface area contributed by atoms with E-state index in [0.29, 0.717) is 11.7 Å². The van der Waals surface area contributed by atoms with E-state index in [1.165, 1.54) is 17.3 Å². The van der Waals surface area contributed by atoms with Gasteiger partial charge in [-0.3, -0.25) is 4.98 Å². The summed E-state index contributed by atoms with van der Waals surface area (Å²) in [7, 11) is 0. The molecule has 1 aromatic carbocycles. The summed E-state index contributed by atoms with van der Waals surface area (Å²) in [5.74, 6) is 0.387. The maximum atomic E-state index is 6.42. The number of nitrogens with two attached hydrogens (primary N) is 1. The molecule has 7 heteroatoms. The normalized spacial score (nSPS) is 25.8. The van der Waals surface area contributed by atoms with Crippen LogP contribution in [0.5, 0.6) is 0 Å². The van der Waals surface area contributed by atoms with E-state index in [4.69, 9.17) is 15.2 Å². The Labute approximate surface area is 199 Å². The van der Waals surface area contributed by atoms with Gasteiger partial charge in [-0.15, -0.1) is 0 Å². The lowest BCUT2D eigenvalue weighted by molar-refractivity contribution is -0.160. The van der Waals surface area contributed by atoms with Crippen LogP contribution < -0.4 is 5.73 Å². The second-order valence-electron chi connectivity index (χ2n) is 10.1. The van der Waals surface area contributed by atoms with Crippen molar-refractivity contribution in [2.45, 2.75) is 70.0 Å². The zero-order valence-electron chi connectivity index (χ0n) is 19.7. The van der Waals surface area contributed by atoms with Crippen LogP contribution in [-0.2, 0) is 15.9 Å². The number of aromatic nitrogens is 4. The fourth-order valence-electron chi connectivity index (χ4n) is 5.96. The monoisotopic (exact) mass is 457 g/mol. The molecule has 176 valence electrons. The van der Waals surface area contributed by atoms with Crippen LogP contribution in [-0.4, -0.2) is 37.5 Å². The van der Waals surface area contributed by atoms with Crippen molar-refractivity contribution >= 4 is 27.8 Å². The molecular weight excluding hydrogens is 426 g/mol. The zero-order valence-corrected chi connectivity index (χ0v) is 19.7. The standard InChI is InChI=1S/C27H31N5O2/c1-27(2)33-23-19(8-4-3-7-17-9-5-10-18-11-6-13-29-22(17)18)15-21(24(23)34-27)32-14-12-20-25(28)30-16-31-26(20)32/h5-6,9-14,16,19,21,23-24H,3-4,7-8,15H2,1-2H3,(H2,28,30,31)/t19-,21+,23+,24-/m0/s1. The van der Waals surface area contributed by atoms with Gasteiger partial charge in [-0.2, -0.15) is 0 Å². The van der Waals surface area contributed by atoms with Crippen LogP contribution in [0.2, 0.25) is 0 Å². The number of hydrogen-bond donors (Lipinski definition) is 1. The number of fused-ring (bicyclic) bond motifs is 3. The van der Waals surface area contributed by atoms with E-state index in [1.807, 2.05) is 32.2 Å². The Hall–Kier alpha value is -3.03. The summed E-state index contributed by atoms with van der Waals surface area (Å²) >= 11 is 0. The molecule has 4 atom stereocenters. The Morgan fingerprint density at radius 3 is 2.79 bits per heavy atom. The molecule has 3 aromatic heterocycles. The molecule has 7 nitrogen and oxygen atoms in total. The lowest BCUT2D eigenvalue weighted by Gasteiger charge is -2.24. The lowest BCUT2D eigenvalue weighted by atomic mass is 9.95. The number of nitrogens with zero attached hydrogens (tertiary/aromatic N) is 4. The van der Waals surface area contributed by atoms with Gasteiger partial charge in [-0.25, -0.2) is 9.97 Å². The predicted molar refractivity (Wildman–Crippen MR) is 132 cm³/mol. The molecule has 0 spiro atoms. The highest BCUT2D eigenvalue weighted by molar-refractivity contribution is 5.86. The molecule has 0 amide bonds. The van der Waals surface area contributed by atoms with Crippen molar-refractivity contribution < 1.29 is 9.47 Å². The number of ether oxygens (including phenoxy) is 2. The first kappa shape index (κ1) is 21.5. The van der Waals surface area contributed by atoms with Gasteiger partial charge in [0.15, 0.2) is 5.79 Å². The average Bonchev–Trinajstić information content (AvgIpc) is 3.48. The van der Waals surface area contributed by atoms with E-state index in [9.17, 15) is 0 Å². The van der Waals surface area contributed by atoms with Crippen molar-refractivity contribution in [1.29, 1.82) is 0 Å². The van der Waals surface area contributed by atoms with Crippen molar-refractivity contribution in [3.63, 3.8) is 0 Å². The summed E-state index contributed by atoms with van der Waals surface area (Å²) in [6.45, 7) is 4.03. The number of para-hydroxylation sites is 1. The zero-order chi connectivity index (χ0) is 23.3. The van der Waals surface area contributed by atoms with Gasteiger partial charge in [0.2, 0.25) is 0 Å². The number of benzene rings is 1. The summed E-state index contributed by atoms with van der Waals surface area (Å²) in [6, 6.07) is 12.8. The van der Waals surface area contributed by atoms with E-state index >= 15 is 0 Å². The molecule has 2 N–H and O–H groups in total. The van der Waals surface area contributed by atoms with Crippen molar-refractivity contribution in [3.8, 4) is 0 Å². The van der Waals surface area contributed by atoms with Gasteiger partial charge in [0.25, 0.3) is 0 Å². The Morgan fingerprint density at radius 2 is 1.88 bits per heavy atom. The molecule has 6 rings (SSSR count). The molecule has 34 heavy (non-hydrogen) atoms. The number of anilines is 1. The molecular formula is C27H31N5O2. The molecule has 4 aromatic rings. The highest BCUT2D eigenvalue weighted by Crippen LogP contribution is 2.49. The minimum Gasteiger partial charge on any atom is -0.383 e. The van der Waals surface area contributed by atoms with Gasteiger partial charge in [0, 0.05) is 17.8 Å². The second kappa shape index (κ2) is 8.32. The fraction of sp³-hybridized carbons (Fsp3) is 0.444. The fourth-order valence-corrected chi connectivity index (χ4v) is 5.96. The summed E-state index contributed by atoms with van der Waals surface area (Å²) in [4.78, 5) is 13.3. The van der Waals surface area contributed by atoms with E-state index in [2.05, 4.69) is 50.0 Å². The van der Waals surface area contributed by atoms with E-state index in [1.54, 1.807) is 0 Å². The predicted octanol–water partition coefficient (Wildman–Crippen LogP) is 5.06. The Morgan fingerprint density at radius 1 is 1.03 bits per heavy atom. The highest BCUT2D eigenvalue weighted by Gasteiger charge is 2.54. The third-order valence-corrected chi connectivity index (χ3v) is 7.44. The lowest BCUT2D eigenvalue weighted by Crippen LogP contribution is -2.27. The van der Waals surface area contributed by atoms with Crippen LogP contribution >= 0.6 is 0 Å². The first-order chi connectivity index (χ1) is 16.5. The van der Waals surface area contributed by atoms with Crippen LogP contribution in [0.15, 0.2) is 55.1 Å². The van der Waals surface area contributed by atoms with Crippen LogP contribution in [0.25, 0.3) is 21.9 Å². The van der Waals surface area contributed by atoms with Crippen LogP contribution in [0.4, 0.5) is 5.82 Å². The maximum Gasteiger partial charge on any atom is 0.163 e. The van der Waals surface area contributed by atoms with Crippen LogP contribution in [0.3, 0.4) is 0 Å². The number of hydrogen-bond acceptors (Lipinski definition) is 6. The van der Waals surface area contributed by atoms with Crippen molar-refractivity contribution in [2.24, 2.45) is 5.92 Å². The number of aryl methyl sites for hydroxylation is 1. The minimum atomic E-state index is -0.572. The maximum absolute atomic E-state index is 6.42. The molecule has 4 heterocycles. The summed E-state index contributed by atoms with van der Waals surface area (Å²) in [5, 5.41) is 2.10. The number of nitrogen functional groups attached to an aromatic ring is 1. The number of unbranched alkanes of at least 4 members (excludes halogenated alkanes) is 1. The first-order valence-electron chi connectivity index (χ1n) is 12.3. The summed E-state index contributed by atoms with van der Waals surface area (Å²) in [5.41, 5.74) is 9.41. The first-order valence-corrected chi connectivity index (χ1v) is 12.3. The van der Waals surface area contributed by atoms with Gasteiger partial charge < -0.3 is 19.8 Å². The topological polar surface area (TPSA) is 88.1 Å². The second-order valence-corrected chi connectivity index (χ2v) is 10.1. The van der Waals surface area contributed by atoms with Gasteiger partial charge in [0.05, 0.1) is 23.0 Å². The largest absolute Gasteiger partial charge is 0.383 e. The molecule has 2 aliphatic rings. The van der Waals surface area contributed by atoms with Gasteiger partial charge in [-0.1, -0.05) is 30.7 Å². The molecule has 1 saturated carbocycles. The van der Waals surface area contributed by atoms with Crippen LogP contribution in [0, 0.1) is 5.92 Å². The minimum absolute atomic E-state index is 0.00839. The Bertz CT molecular complexity index is 1330. The molecule has 1 aliphatic carbocycles. The molecule has 1 aliphatic heterocycles. The molecule has 0 radical (unpaired) electrons. The molecule has 1 saturated heterocycles. The number of pyridine rings is 1. The van der Waals surface area contributed by atoms with E-state index < -0.39 is 5.79 Å². The quantitative estimate of drug-likeness (QED) is 0.407. The van der Waals surface area contributed by atoms with Crippen LogP contribution in [0.1, 0.15) is 51.1 Å². The smallest absolute Gasteiger partial charge is 0.163 e. The van der Waals surface area contributed by atoms with Gasteiger partial charge in [-0.05, 0) is 63.1 Å². The summed E-state index contributed by atoms with van der Waals surface area (Å²) < 4.78 is 15.1. The van der Waals surface area contributed by atoms with Crippen molar-refractivity contribution in [2.75, 3.05) is 5.73 Å². The molecule has 2 fully saturated rings. The van der Waals surface area contributed by atoms with Gasteiger partial charge >= 0.3 is 0 Å². The summed E-state index contributed by atoms with van der Waals surface area (Å²) in [6.07, 6.45) is 11.0. The third-order valence-electron chi connectivity index (χ3n) is 7.44. The third kappa shape index (κ3) is 3.73. The average molecular weight is 458 g/mol. The van der Waals surface area contributed by atoms with E-state index in [0.717, 1.165) is 48.7 Å².